The SMILES string of the molecule is CCOc1ccc(NS(=O)(=O)c2ccc(C(=O)NCCc3ccc(F)cc3)cc2)cc1. The van der Waals surface area contributed by atoms with E-state index in [1.807, 2.05) is 6.92 Å². The van der Waals surface area contributed by atoms with Crippen LogP contribution in [0.15, 0.2) is 77.7 Å². The van der Waals surface area contributed by atoms with E-state index in [-0.39, 0.29) is 16.6 Å². The van der Waals surface area contributed by atoms with Gasteiger partial charge < -0.3 is 10.1 Å². The molecule has 6 nitrogen and oxygen atoms in total. The third-order valence-electron chi connectivity index (χ3n) is 4.46. The van der Waals surface area contributed by atoms with Crippen LogP contribution in [0.2, 0.25) is 0 Å². The molecule has 2 N–H and O–H groups in total. The van der Waals surface area contributed by atoms with Crippen molar-refractivity contribution in [1.82, 2.24) is 5.32 Å². The number of sulfonamides is 1. The topological polar surface area (TPSA) is 84.5 Å². The standard InChI is InChI=1S/C23H23FN2O4S/c1-2-30-21-11-9-20(10-12-21)26-31(28,29)22-13-5-18(6-14-22)23(27)25-16-15-17-3-7-19(24)8-4-17/h3-14,26H,2,15-16H2,1H3,(H,25,27). The second-order valence-corrected chi connectivity index (χ2v) is 8.40. The predicted molar refractivity (Wildman–Crippen MR) is 117 cm³/mol. The Kier molecular flexibility index (Phi) is 7.25. The monoisotopic (exact) mass is 442 g/mol. The first kappa shape index (κ1) is 22.3. The van der Waals surface area contributed by atoms with E-state index in [2.05, 4.69) is 10.0 Å². The summed E-state index contributed by atoms with van der Waals surface area (Å²) >= 11 is 0. The Morgan fingerprint density at radius 1 is 0.935 bits per heavy atom. The van der Waals surface area contributed by atoms with Gasteiger partial charge in [0.1, 0.15) is 11.6 Å². The van der Waals surface area contributed by atoms with Crippen LogP contribution in [-0.4, -0.2) is 27.5 Å². The summed E-state index contributed by atoms with van der Waals surface area (Å²) in [4.78, 5) is 12.3. The molecule has 162 valence electrons. The lowest BCUT2D eigenvalue weighted by Crippen LogP contribution is -2.25. The van der Waals surface area contributed by atoms with Crippen LogP contribution in [0.3, 0.4) is 0 Å². The molecular weight excluding hydrogens is 419 g/mol. The van der Waals surface area contributed by atoms with Gasteiger partial charge in [0.15, 0.2) is 0 Å². The zero-order valence-corrected chi connectivity index (χ0v) is 17.8. The first-order chi connectivity index (χ1) is 14.9. The van der Waals surface area contributed by atoms with Crippen molar-refractivity contribution >= 4 is 21.6 Å². The summed E-state index contributed by atoms with van der Waals surface area (Å²) in [5, 5.41) is 2.77. The molecule has 0 spiro atoms. The summed E-state index contributed by atoms with van der Waals surface area (Å²) in [6, 6.07) is 18.3. The number of anilines is 1. The Labute approximate surface area is 181 Å². The van der Waals surface area contributed by atoms with Crippen LogP contribution < -0.4 is 14.8 Å². The third-order valence-corrected chi connectivity index (χ3v) is 5.85. The van der Waals surface area contributed by atoms with Crippen molar-refractivity contribution in [1.29, 1.82) is 0 Å². The van der Waals surface area contributed by atoms with Crippen molar-refractivity contribution in [2.24, 2.45) is 0 Å². The molecular formula is C23H23FN2O4S. The maximum Gasteiger partial charge on any atom is 0.261 e. The summed E-state index contributed by atoms with van der Waals surface area (Å²) in [5.74, 6) is 0.0330. The number of hydrogen-bond acceptors (Lipinski definition) is 4. The van der Waals surface area contributed by atoms with Crippen molar-refractivity contribution in [3.8, 4) is 5.75 Å². The molecule has 0 heterocycles. The lowest BCUT2D eigenvalue weighted by atomic mass is 10.1. The van der Waals surface area contributed by atoms with Crippen molar-refractivity contribution in [3.63, 3.8) is 0 Å². The van der Waals surface area contributed by atoms with Gasteiger partial charge in [-0.15, -0.1) is 0 Å². The van der Waals surface area contributed by atoms with Crippen LogP contribution in [0.4, 0.5) is 10.1 Å². The molecule has 0 fully saturated rings. The second-order valence-electron chi connectivity index (χ2n) is 6.72. The summed E-state index contributed by atoms with van der Waals surface area (Å²) in [7, 11) is -3.79. The number of halogens is 1. The number of amides is 1. The van der Waals surface area contributed by atoms with Gasteiger partial charge in [0.05, 0.1) is 11.5 Å². The minimum Gasteiger partial charge on any atom is -0.494 e. The molecule has 8 heteroatoms. The zero-order valence-electron chi connectivity index (χ0n) is 17.0. The molecule has 0 aliphatic heterocycles. The predicted octanol–water partition coefficient (Wildman–Crippen LogP) is 4.00. The van der Waals surface area contributed by atoms with E-state index < -0.39 is 10.0 Å². The maximum atomic E-state index is 12.9. The number of hydrogen-bond donors (Lipinski definition) is 2. The van der Waals surface area contributed by atoms with E-state index in [9.17, 15) is 17.6 Å². The van der Waals surface area contributed by atoms with E-state index in [0.717, 1.165) is 5.56 Å². The Hall–Kier alpha value is -3.39. The van der Waals surface area contributed by atoms with Crippen LogP contribution in [0.5, 0.6) is 5.75 Å². The van der Waals surface area contributed by atoms with Crippen LogP contribution in [0.25, 0.3) is 0 Å². The molecule has 0 bridgehead atoms. The molecule has 1 amide bonds. The van der Waals surface area contributed by atoms with Crippen molar-refractivity contribution in [2.75, 3.05) is 17.9 Å². The highest BCUT2D eigenvalue weighted by molar-refractivity contribution is 7.92. The van der Waals surface area contributed by atoms with Crippen molar-refractivity contribution in [2.45, 2.75) is 18.2 Å². The Balaban J connectivity index is 1.57. The highest BCUT2D eigenvalue weighted by atomic mass is 32.2. The molecule has 3 rings (SSSR count). The lowest BCUT2D eigenvalue weighted by molar-refractivity contribution is 0.0954. The van der Waals surface area contributed by atoms with Gasteiger partial charge in [-0.05, 0) is 79.6 Å². The summed E-state index contributed by atoms with van der Waals surface area (Å²) in [5.41, 5.74) is 1.66. The Morgan fingerprint density at radius 3 is 2.19 bits per heavy atom. The molecule has 0 atom stereocenters. The number of ether oxygens (including phenoxy) is 1. The smallest absolute Gasteiger partial charge is 0.261 e. The van der Waals surface area contributed by atoms with Gasteiger partial charge in [-0.25, -0.2) is 12.8 Å². The van der Waals surface area contributed by atoms with E-state index in [1.165, 1.54) is 36.4 Å². The Bertz CT molecular complexity index is 1110. The molecule has 0 saturated carbocycles. The minimum atomic E-state index is -3.79. The number of carbonyl (C=O) groups is 1. The van der Waals surface area contributed by atoms with Gasteiger partial charge in [0.2, 0.25) is 0 Å². The largest absolute Gasteiger partial charge is 0.494 e. The number of carbonyl (C=O) groups excluding carboxylic acids is 1. The molecule has 3 aromatic rings. The lowest BCUT2D eigenvalue weighted by Gasteiger charge is -2.10. The van der Waals surface area contributed by atoms with E-state index in [4.69, 9.17) is 4.74 Å². The van der Waals surface area contributed by atoms with Crippen LogP contribution >= 0.6 is 0 Å². The van der Waals surface area contributed by atoms with Crippen LogP contribution in [0, 0.1) is 5.82 Å². The minimum absolute atomic E-state index is 0.0456. The van der Waals surface area contributed by atoms with Crippen LogP contribution in [-0.2, 0) is 16.4 Å². The average molecular weight is 443 g/mol. The van der Waals surface area contributed by atoms with E-state index in [1.54, 1.807) is 36.4 Å². The molecule has 0 aliphatic rings. The van der Waals surface area contributed by atoms with Gasteiger partial charge in [0.25, 0.3) is 15.9 Å². The first-order valence-electron chi connectivity index (χ1n) is 9.76. The average Bonchev–Trinajstić information content (AvgIpc) is 2.76. The normalized spacial score (nSPS) is 11.0. The molecule has 0 unspecified atom stereocenters. The fourth-order valence-corrected chi connectivity index (χ4v) is 3.92. The number of benzene rings is 3. The fourth-order valence-electron chi connectivity index (χ4n) is 2.86. The van der Waals surface area contributed by atoms with E-state index >= 15 is 0 Å². The molecule has 0 saturated heterocycles. The molecule has 3 aromatic carbocycles. The highest BCUT2D eigenvalue weighted by Crippen LogP contribution is 2.20. The molecule has 0 radical (unpaired) electrons. The van der Waals surface area contributed by atoms with Gasteiger partial charge >= 0.3 is 0 Å². The molecule has 0 aromatic heterocycles. The van der Waals surface area contributed by atoms with Gasteiger partial charge in [-0.1, -0.05) is 12.1 Å². The summed E-state index contributed by atoms with van der Waals surface area (Å²) in [6.07, 6.45) is 0.560. The summed E-state index contributed by atoms with van der Waals surface area (Å²) < 4.78 is 45.9. The number of rotatable bonds is 9. The second kappa shape index (κ2) is 10.1. The molecule has 0 aliphatic carbocycles. The highest BCUT2D eigenvalue weighted by Gasteiger charge is 2.15. The molecule has 31 heavy (non-hydrogen) atoms. The van der Waals surface area contributed by atoms with Gasteiger partial charge in [-0.2, -0.15) is 0 Å². The van der Waals surface area contributed by atoms with Crippen molar-refractivity contribution in [3.05, 3.63) is 89.7 Å². The Morgan fingerprint density at radius 2 is 1.58 bits per heavy atom. The fraction of sp³-hybridized carbons (Fsp3) is 0.174. The van der Waals surface area contributed by atoms with Crippen LogP contribution in [0.1, 0.15) is 22.8 Å². The first-order valence-corrected chi connectivity index (χ1v) is 11.2. The third kappa shape index (κ3) is 6.29. The van der Waals surface area contributed by atoms with E-state index in [0.29, 0.717) is 36.6 Å². The van der Waals surface area contributed by atoms with Gasteiger partial charge in [-0.3, -0.25) is 9.52 Å². The summed E-state index contributed by atoms with van der Waals surface area (Å²) in [6.45, 7) is 2.77. The zero-order chi connectivity index (χ0) is 22.3. The van der Waals surface area contributed by atoms with Gasteiger partial charge in [0, 0.05) is 17.8 Å². The maximum absolute atomic E-state index is 12.9. The number of nitrogens with one attached hydrogen (secondary N) is 2. The quantitative estimate of drug-likeness (QED) is 0.525. The van der Waals surface area contributed by atoms with Crippen molar-refractivity contribution < 1.29 is 22.3 Å².